The first-order valence-electron chi connectivity index (χ1n) is 5.68. The van der Waals surface area contributed by atoms with Gasteiger partial charge in [0.15, 0.2) is 5.78 Å². The fraction of sp³-hybridized carbons (Fsp3) is 0.462. The fourth-order valence-electron chi connectivity index (χ4n) is 2.27. The summed E-state index contributed by atoms with van der Waals surface area (Å²) in [6, 6.07) is 5.78. The second kappa shape index (κ2) is 5.46. The molecule has 1 saturated carbocycles. The second-order valence-electron chi connectivity index (χ2n) is 4.32. The van der Waals surface area contributed by atoms with Crippen molar-refractivity contribution < 1.29 is 4.79 Å². The second-order valence-corrected chi connectivity index (χ2v) is 6.09. The lowest BCUT2D eigenvalue weighted by molar-refractivity contribution is 0.0889. The zero-order chi connectivity index (χ0) is 11.5. The van der Waals surface area contributed by atoms with Crippen molar-refractivity contribution in [3.05, 3.63) is 32.7 Å². The third kappa shape index (κ3) is 2.75. The van der Waals surface area contributed by atoms with Crippen LogP contribution in [0.4, 0.5) is 0 Å². The van der Waals surface area contributed by atoms with E-state index in [4.69, 9.17) is 0 Å². The van der Waals surface area contributed by atoms with Crippen molar-refractivity contribution in [2.24, 2.45) is 5.92 Å². The Morgan fingerprint density at radius 3 is 2.44 bits per heavy atom. The van der Waals surface area contributed by atoms with Gasteiger partial charge in [-0.1, -0.05) is 51.1 Å². The van der Waals surface area contributed by atoms with Crippen molar-refractivity contribution >= 4 is 37.6 Å². The minimum absolute atomic E-state index is 0.242. The third-order valence-electron chi connectivity index (χ3n) is 3.17. The Morgan fingerprint density at radius 2 is 1.81 bits per heavy atom. The van der Waals surface area contributed by atoms with Gasteiger partial charge < -0.3 is 0 Å². The maximum atomic E-state index is 12.3. The summed E-state index contributed by atoms with van der Waals surface area (Å²) >= 11 is 6.86. The normalized spacial score (nSPS) is 17.4. The molecule has 0 atom stereocenters. The SMILES string of the molecule is O=C(c1ccc(Br)cc1Br)C1CCCCC1. The molecular weight excluding hydrogens is 332 g/mol. The summed E-state index contributed by atoms with van der Waals surface area (Å²) in [6.45, 7) is 0. The Balaban J connectivity index is 2.19. The molecule has 1 fully saturated rings. The number of halogens is 2. The van der Waals surface area contributed by atoms with Crippen molar-refractivity contribution in [2.75, 3.05) is 0 Å². The molecular formula is C13H14Br2O. The van der Waals surface area contributed by atoms with E-state index in [1.165, 1.54) is 19.3 Å². The van der Waals surface area contributed by atoms with Crippen LogP contribution in [0.2, 0.25) is 0 Å². The maximum absolute atomic E-state index is 12.3. The standard InChI is InChI=1S/C13H14Br2O/c14-10-6-7-11(12(15)8-10)13(16)9-4-2-1-3-5-9/h6-9H,1-5H2. The number of hydrogen-bond donors (Lipinski definition) is 0. The number of ketones is 1. The molecule has 1 aromatic rings. The molecule has 0 saturated heterocycles. The monoisotopic (exact) mass is 344 g/mol. The van der Waals surface area contributed by atoms with Crippen LogP contribution in [0.5, 0.6) is 0 Å². The van der Waals surface area contributed by atoms with E-state index in [-0.39, 0.29) is 5.92 Å². The molecule has 0 bridgehead atoms. The van der Waals surface area contributed by atoms with Crippen LogP contribution in [0.3, 0.4) is 0 Å². The maximum Gasteiger partial charge on any atom is 0.167 e. The molecule has 0 amide bonds. The van der Waals surface area contributed by atoms with Crippen LogP contribution in [0.1, 0.15) is 42.5 Å². The van der Waals surface area contributed by atoms with Gasteiger partial charge in [-0.25, -0.2) is 0 Å². The van der Waals surface area contributed by atoms with Crippen LogP contribution >= 0.6 is 31.9 Å². The number of benzene rings is 1. The molecule has 0 unspecified atom stereocenters. The third-order valence-corrected chi connectivity index (χ3v) is 4.32. The largest absolute Gasteiger partial charge is 0.294 e. The average molecular weight is 346 g/mol. The predicted molar refractivity (Wildman–Crippen MR) is 72.7 cm³/mol. The van der Waals surface area contributed by atoms with Gasteiger partial charge in [0.2, 0.25) is 0 Å². The van der Waals surface area contributed by atoms with Crippen molar-refractivity contribution in [1.29, 1.82) is 0 Å². The van der Waals surface area contributed by atoms with E-state index < -0.39 is 0 Å². The Morgan fingerprint density at radius 1 is 1.12 bits per heavy atom. The minimum atomic E-state index is 0.242. The zero-order valence-electron chi connectivity index (χ0n) is 9.01. The van der Waals surface area contributed by atoms with E-state index in [2.05, 4.69) is 31.9 Å². The van der Waals surface area contributed by atoms with Crippen molar-refractivity contribution in [3.8, 4) is 0 Å². The summed E-state index contributed by atoms with van der Waals surface area (Å²) in [5.41, 5.74) is 0.829. The Bertz CT molecular complexity index is 395. The highest BCUT2D eigenvalue weighted by molar-refractivity contribution is 9.11. The summed E-state index contributed by atoms with van der Waals surface area (Å²) in [5, 5.41) is 0. The molecule has 1 aromatic carbocycles. The first-order chi connectivity index (χ1) is 7.68. The van der Waals surface area contributed by atoms with Crippen LogP contribution in [-0.2, 0) is 0 Å². The van der Waals surface area contributed by atoms with Gasteiger partial charge in [-0.2, -0.15) is 0 Å². The van der Waals surface area contributed by atoms with Gasteiger partial charge in [-0.05, 0) is 31.0 Å². The molecule has 1 aliphatic rings. The van der Waals surface area contributed by atoms with Gasteiger partial charge in [-0.3, -0.25) is 4.79 Å². The van der Waals surface area contributed by atoms with Crippen molar-refractivity contribution in [2.45, 2.75) is 32.1 Å². The smallest absolute Gasteiger partial charge is 0.167 e. The van der Waals surface area contributed by atoms with Gasteiger partial charge in [0.25, 0.3) is 0 Å². The van der Waals surface area contributed by atoms with E-state index in [0.717, 1.165) is 27.4 Å². The van der Waals surface area contributed by atoms with Crippen molar-refractivity contribution in [1.82, 2.24) is 0 Å². The number of carbonyl (C=O) groups excluding carboxylic acids is 1. The molecule has 2 rings (SSSR count). The predicted octanol–water partition coefficient (Wildman–Crippen LogP) is 4.97. The fourth-order valence-corrected chi connectivity index (χ4v) is 3.52. The molecule has 0 spiro atoms. The van der Waals surface area contributed by atoms with Crippen LogP contribution < -0.4 is 0 Å². The highest BCUT2D eigenvalue weighted by atomic mass is 79.9. The van der Waals surface area contributed by atoms with Crippen LogP contribution in [0, 0.1) is 5.92 Å². The minimum Gasteiger partial charge on any atom is -0.294 e. The summed E-state index contributed by atoms with van der Waals surface area (Å²) < 4.78 is 1.90. The Kier molecular flexibility index (Phi) is 4.20. The summed E-state index contributed by atoms with van der Waals surface area (Å²) in [4.78, 5) is 12.3. The van der Waals surface area contributed by atoms with E-state index in [9.17, 15) is 4.79 Å². The molecule has 0 heterocycles. The first-order valence-corrected chi connectivity index (χ1v) is 7.26. The molecule has 3 heteroatoms. The first kappa shape index (κ1) is 12.3. The van der Waals surface area contributed by atoms with Crippen molar-refractivity contribution in [3.63, 3.8) is 0 Å². The Hall–Kier alpha value is -0.150. The number of hydrogen-bond acceptors (Lipinski definition) is 1. The molecule has 0 aliphatic heterocycles. The average Bonchev–Trinajstić information content (AvgIpc) is 2.29. The topological polar surface area (TPSA) is 17.1 Å². The highest BCUT2D eigenvalue weighted by Gasteiger charge is 2.23. The lowest BCUT2D eigenvalue weighted by Gasteiger charge is -2.20. The summed E-state index contributed by atoms with van der Waals surface area (Å²) in [6.07, 6.45) is 5.79. The van der Waals surface area contributed by atoms with Crippen LogP contribution in [0.25, 0.3) is 0 Å². The molecule has 16 heavy (non-hydrogen) atoms. The van der Waals surface area contributed by atoms with Gasteiger partial charge in [-0.15, -0.1) is 0 Å². The summed E-state index contributed by atoms with van der Waals surface area (Å²) in [5.74, 6) is 0.547. The number of rotatable bonds is 2. The zero-order valence-corrected chi connectivity index (χ0v) is 12.2. The van der Waals surface area contributed by atoms with E-state index in [1.807, 2.05) is 18.2 Å². The molecule has 0 N–H and O–H groups in total. The van der Waals surface area contributed by atoms with E-state index >= 15 is 0 Å². The van der Waals surface area contributed by atoms with Crippen LogP contribution in [-0.4, -0.2) is 5.78 Å². The number of Topliss-reactive ketones (excluding diaryl/α,β-unsaturated/α-hetero) is 1. The molecule has 1 nitrogen and oxygen atoms in total. The lowest BCUT2D eigenvalue weighted by atomic mass is 9.84. The Labute approximate surface area is 113 Å². The molecule has 0 radical (unpaired) electrons. The van der Waals surface area contributed by atoms with E-state index in [0.29, 0.717) is 5.78 Å². The summed E-state index contributed by atoms with van der Waals surface area (Å²) in [7, 11) is 0. The number of carbonyl (C=O) groups is 1. The van der Waals surface area contributed by atoms with Crippen LogP contribution in [0.15, 0.2) is 27.1 Å². The van der Waals surface area contributed by atoms with Gasteiger partial charge in [0.05, 0.1) is 0 Å². The lowest BCUT2D eigenvalue weighted by Crippen LogP contribution is -2.18. The van der Waals surface area contributed by atoms with Gasteiger partial charge in [0.1, 0.15) is 0 Å². The quantitative estimate of drug-likeness (QED) is 0.691. The van der Waals surface area contributed by atoms with E-state index in [1.54, 1.807) is 0 Å². The highest BCUT2D eigenvalue weighted by Crippen LogP contribution is 2.30. The molecule has 86 valence electrons. The van der Waals surface area contributed by atoms with Gasteiger partial charge in [0, 0.05) is 20.4 Å². The van der Waals surface area contributed by atoms with Gasteiger partial charge >= 0.3 is 0 Å². The molecule has 1 aliphatic carbocycles. The molecule has 0 aromatic heterocycles.